The van der Waals surface area contributed by atoms with E-state index in [-0.39, 0.29) is 5.69 Å². The van der Waals surface area contributed by atoms with Gasteiger partial charge < -0.3 is 4.74 Å². The Morgan fingerprint density at radius 1 is 1.00 bits per heavy atom. The fraction of sp³-hybridized carbons (Fsp3) is 0.188. The van der Waals surface area contributed by atoms with Gasteiger partial charge in [-0.2, -0.15) is 0 Å². The lowest BCUT2D eigenvalue weighted by Crippen LogP contribution is -2.05. The van der Waals surface area contributed by atoms with Gasteiger partial charge in [0, 0.05) is 6.21 Å². The third-order valence-electron chi connectivity index (χ3n) is 2.98. The summed E-state index contributed by atoms with van der Waals surface area (Å²) in [5, 5.41) is 0. The van der Waals surface area contributed by atoms with Gasteiger partial charge in [-0.15, -0.1) is 0 Å². The predicted molar refractivity (Wildman–Crippen MR) is 87.3 cm³/mol. The molecule has 0 atom stereocenters. The van der Waals surface area contributed by atoms with Gasteiger partial charge in [0.25, 0.3) is 0 Å². The van der Waals surface area contributed by atoms with Crippen molar-refractivity contribution in [3.63, 3.8) is 0 Å². The van der Waals surface area contributed by atoms with Crippen molar-refractivity contribution in [2.24, 2.45) is 4.99 Å². The molecular formula is C16H16F5NOS. The highest BCUT2D eigenvalue weighted by Gasteiger charge is 2.65. The zero-order valence-corrected chi connectivity index (χ0v) is 13.6. The SMILES string of the molecule is CCCOc1ccc(C=Nc2cccc(S(F)(F)(F)(F)F)c2)cc1. The largest absolute Gasteiger partial charge is 0.494 e. The van der Waals surface area contributed by atoms with Crippen LogP contribution in [0.5, 0.6) is 5.75 Å². The number of benzene rings is 2. The van der Waals surface area contributed by atoms with Crippen LogP contribution in [0.1, 0.15) is 18.9 Å². The van der Waals surface area contributed by atoms with E-state index >= 15 is 0 Å². The van der Waals surface area contributed by atoms with Crippen molar-refractivity contribution in [2.75, 3.05) is 6.61 Å². The monoisotopic (exact) mass is 365 g/mol. The molecular weight excluding hydrogens is 349 g/mol. The maximum atomic E-state index is 12.8. The van der Waals surface area contributed by atoms with Gasteiger partial charge in [-0.1, -0.05) is 32.4 Å². The molecule has 0 saturated heterocycles. The van der Waals surface area contributed by atoms with Crippen LogP contribution in [0, 0.1) is 0 Å². The lowest BCUT2D eigenvalue weighted by molar-refractivity contribution is 0.317. The van der Waals surface area contributed by atoms with E-state index in [0.29, 0.717) is 30.1 Å². The average Bonchev–Trinajstić information content (AvgIpc) is 2.50. The molecule has 0 aliphatic heterocycles. The number of ether oxygens (including phenoxy) is 1. The first-order valence-electron chi connectivity index (χ1n) is 7.09. The molecule has 2 rings (SSSR count). The molecule has 0 N–H and O–H groups in total. The van der Waals surface area contributed by atoms with E-state index in [2.05, 4.69) is 4.99 Å². The summed E-state index contributed by atoms with van der Waals surface area (Å²) in [7, 11) is -9.69. The first-order chi connectivity index (χ1) is 11.0. The molecule has 0 spiro atoms. The Kier molecular flexibility index (Phi) is 4.39. The highest BCUT2D eigenvalue weighted by molar-refractivity contribution is 8.45. The average molecular weight is 365 g/mol. The molecule has 132 valence electrons. The van der Waals surface area contributed by atoms with Crippen LogP contribution in [0.2, 0.25) is 0 Å². The Hall–Kier alpha value is -2.09. The van der Waals surface area contributed by atoms with Gasteiger partial charge in [-0.25, -0.2) is 0 Å². The molecule has 2 nitrogen and oxygen atoms in total. The molecule has 0 aliphatic carbocycles. The van der Waals surface area contributed by atoms with Gasteiger partial charge in [-0.05, 0) is 54.4 Å². The molecule has 24 heavy (non-hydrogen) atoms. The minimum atomic E-state index is -9.69. The fourth-order valence-corrected chi connectivity index (χ4v) is 2.50. The van der Waals surface area contributed by atoms with Crippen LogP contribution in [0.25, 0.3) is 0 Å². The molecule has 8 heteroatoms. The molecule has 0 saturated carbocycles. The molecule has 0 unspecified atom stereocenters. The minimum absolute atomic E-state index is 0.202. The van der Waals surface area contributed by atoms with Crippen LogP contribution in [0.4, 0.5) is 25.1 Å². The molecule has 0 amide bonds. The number of halogens is 5. The van der Waals surface area contributed by atoms with Crippen molar-refractivity contribution in [1.29, 1.82) is 0 Å². The summed E-state index contributed by atoms with van der Waals surface area (Å²) in [6, 6.07) is 9.55. The predicted octanol–water partition coefficient (Wildman–Crippen LogP) is 6.88. The third kappa shape index (κ3) is 5.23. The summed E-state index contributed by atoms with van der Waals surface area (Å²) in [5.74, 6) is 0.664. The van der Waals surface area contributed by atoms with Crippen molar-refractivity contribution >= 4 is 22.1 Å². The maximum absolute atomic E-state index is 12.8. The molecule has 0 bridgehead atoms. The lowest BCUT2D eigenvalue weighted by atomic mass is 10.2. The van der Waals surface area contributed by atoms with Crippen LogP contribution in [-0.2, 0) is 0 Å². The summed E-state index contributed by atoms with van der Waals surface area (Å²) in [4.78, 5) is 1.87. The topological polar surface area (TPSA) is 21.6 Å². The van der Waals surface area contributed by atoms with Crippen LogP contribution in [0.3, 0.4) is 0 Å². The third-order valence-corrected chi connectivity index (χ3v) is 4.12. The van der Waals surface area contributed by atoms with Crippen molar-refractivity contribution < 1.29 is 24.2 Å². The molecule has 2 aromatic rings. The van der Waals surface area contributed by atoms with Gasteiger partial charge in [0.2, 0.25) is 0 Å². The normalized spacial score (nSPS) is 15.1. The summed E-state index contributed by atoms with van der Waals surface area (Å²) in [6.45, 7) is 2.55. The molecule has 0 aliphatic rings. The number of rotatable bonds is 6. The Bertz CT molecular complexity index is 741. The Labute approximate surface area is 136 Å². The first-order valence-corrected chi connectivity index (χ1v) is 9.04. The van der Waals surface area contributed by atoms with Crippen LogP contribution in [-0.4, -0.2) is 12.8 Å². The van der Waals surface area contributed by atoms with E-state index < -0.39 is 15.1 Å². The quantitative estimate of drug-likeness (QED) is 0.404. The summed E-state index contributed by atoms with van der Waals surface area (Å²) < 4.78 is 69.3. The summed E-state index contributed by atoms with van der Waals surface area (Å²) in [5.41, 5.74) is 0.406. The smallest absolute Gasteiger partial charge is 0.310 e. The number of hydrogen-bond acceptors (Lipinski definition) is 2. The van der Waals surface area contributed by atoms with Crippen LogP contribution >= 0.6 is 10.2 Å². The standard InChI is InChI=1S/C16H16F5NOS/c1-2-10-23-15-8-6-13(7-9-15)12-22-14-4-3-5-16(11-14)24(17,18,19,20)21/h3-9,11-12H,2,10H2,1H3. The van der Waals surface area contributed by atoms with Gasteiger partial charge in [0.05, 0.1) is 12.3 Å². The second-order valence-corrected chi connectivity index (χ2v) is 7.55. The summed E-state index contributed by atoms with van der Waals surface area (Å²) >= 11 is 0. The second kappa shape index (κ2) is 5.77. The van der Waals surface area contributed by atoms with E-state index in [1.165, 1.54) is 12.3 Å². The first kappa shape index (κ1) is 18.3. The van der Waals surface area contributed by atoms with Crippen LogP contribution in [0.15, 0.2) is 58.4 Å². The van der Waals surface area contributed by atoms with Gasteiger partial charge in [-0.3, -0.25) is 4.99 Å². The second-order valence-electron chi connectivity index (χ2n) is 5.14. The lowest BCUT2D eigenvalue weighted by Gasteiger charge is -2.40. The number of hydrogen-bond donors (Lipinski definition) is 0. The molecule has 0 aromatic heterocycles. The Morgan fingerprint density at radius 3 is 2.25 bits per heavy atom. The minimum Gasteiger partial charge on any atom is -0.494 e. The highest BCUT2D eigenvalue weighted by Crippen LogP contribution is 3.02. The summed E-state index contributed by atoms with van der Waals surface area (Å²) in [6.07, 6.45) is 2.17. The van der Waals surface area contributed by atoms with Crippen molar-refractivity contribution in [3.8, 4) is 5.75 Å². The van der Waals surface area contributed by atoms with E-state index in [0.717, 1.165) is 12.5 Å². The van der Waals surface area contributed by atoms with E-state index in [9.17, 15) is 19.4 Å². The van der Waals surface area contributed by atoms with E-state index in [1.807, 2.05) is 6.92 Å². The Balaban J connectivity index is 2.18. The zero-order valence-electron chi connectivity index (χ0n) is 12.8. The van der Waals surface area contributed by atoms with Crippen molar-refractivity contribution in [2.45, 2.75) is 18.2 Å². The van der Waals surface area contributed by atoms with Gasteiger partial charge >= 0.3 is 10.2 Å². The van der Waals surface area contributed by atoms with Crippen molar-refractivity contribution in [3.05, 3.63) is 54.1 Å². The zero-order chi connectivity index (χ0) is 17.9. The van der Waals surface area contributed by atoms with Crippen LogP contribution < -0.4 is 4.74 Å². The molecule has 0 radical (unpaired) electrons. The molecule has 0 heterocycles. The van der Waals surface area contributed by atoms with Gasteiger partial charge in [0.15, 0.2) is 0 Å². The van der Waals surface area contributed by atoms with E-state index in [1.54, 1.807) is 24.3 Å². The van der Waals surface area contributed by atoms with Gasteiger partial charge in [0.1, 0.15) is 10.6 Å². The maximum Gasteiger partial charge on any atom is 0.310 e. The number of nitrogens with zero attached hydrogens (tertiary/aromatic N) is 1. The highest BCUT2D eigenvalue weighted by atomic mass is 32.5. The molecule has 2 aromatic carbocycles. The number of aliphatic imine (C=N–C) groups is 1. The molecule has 0 fully saturated rings. The van der Waals surface area contributed by atoms with Crippen molar-refractivity contribution in [1.82, 2.24) is 0 Å². The fourth-order valence-electron chi connectivity index (χ4n) is 1.82. The Morgan fingerprint density at radius 2 is 1.67 bits per heavy atom. The van der Waals surface area contributed by atoms with E-state index in [4.69, 9.17) is 4.74 Å².